The average molecular weight is 160 g/mol. The van der Waals surface area contributed by atoms with Gasteiger partial charge in [-0.2, -0.15) is 0 Å². The van der Waals surface area contributed by atoms with Gasteiger partial charge in [-0.05, 0) is 13.8 Å². The third kappa shape index (κ3) is 2.43. The van der Waals surface area contributed by atoms with E-state index in [1.165, 1.54) is 0 Å². The van der Waals surface area contributed by atoms with Crippen LogP contribution in [0.3, 0.4) is 0 Å². The molecule has 0 aromatic carbocycles. The van der Waals surface area contributed by atoms with E-state index in [1.54, 1.807) is 0 Å². The van der Waals surface area contributed by atoms with Crippen LogP contribution in [0.1, 0.15) is 13.8 Å². The molecular formula is C8H16O3. The second-order valence-corrected chi connectivity index (χ2v) is 2.58. The molecule has 1 heterocycles. The Morgan fingerprint density at radius 1 is 1.27 bits per heavy atom. The average Bonchev–Trinajstić information content (AvgIpc) is 1.85. The van der Waals surface area contributed by atoms with E-state index in [0.29, 0.717) is 19.1 Å². The molecule has 3 nitrogen and oxygen atoms in total. The molecule has 0 aliphatic carbocycles. The lowest BCUT2D eigenvalue weighted by Crippen LogP contribution is -2.41. The van der Waals surface area contributed by atoms with Crippen molar-refractivity contribution in [2.75, 3.05) is 26.4 Å². The predicted octanol–water partition coefficient (Wildman–Crippen LogP) is 1.03. The van der Waals surface area contributed by atoms with Crippen molar-refractivity contribution in [3.8, 4) is 0 Å². The van der Waals surface area contributed by atoms with Gasteiger partial charge in [-0.25, -0.2) is 0 Å². The van der Waals surface area contributed by atoms with Gasteiger partial charge >= 0.3 is 0 Å². The Labute approximate surface area is 67.6 Å². The van der Waals surface area contributed by atoms with Gasteiger partial charge in [0.1, 0.15) is 0 Å². The van der Waals surface area contributed by atoms with Crippen LogP contribution in [-0.4, -0.2) is 32.7 Å². The van der Waals surface area contributed by atoms with Crippen molar-refractivity contribution in [2.45, 2.75) is 20.1 Å². The molecule has 0 saturated carbocycles. The summed E-state index contributed by atoms with van der Waals surface area (Å²) in [6.07, 6.45) is -0.0428. The van der Waals surface area contributed by atoms with Crippen molar-refractivity contribution in [3.05, 3.63) is 0 Å². The van der Waals surface area contributed by atoms with Gasteiger partial charge in [-0.3, -0.25) is 0 Å². The van der Waals surface area contributed by atoms with Crippen LogP contribution in [-0.2, 0) is 14.2 Å². The summed E-state index contributed by atoms with van der Waals surface area (Å²) in [7, 11) is 0. The Hall–Kier alpha value is -0.120. The van der Waals surface area contributed by atoms with E-state index in [1.807, 2.05) is 13.8 Å². The van der Waals surface area contributed by atoms with Crippen molar-refractivity contribution >= 4 is 0 Å². The van der Waals surface area contributed by atoms with Crippen LogP contribution in [0.2, 0.25) is 0 Å². The third-order valence-electron chi connectivity index (χ3n) is 1.71. The molecule has 0 bridgehead atoms. The fourth-order valence-corrected chi connectivity index (χ4v) is 1.06. The molecule has 0 aromatic rings. The summed E-state index contributed by atoms with van der Waals surface area (Å²) in [6, 6.07) is 0. The highest BCUT2D eigenvalue weighted by Crippen LogP contribution is 2.18. The zero-order chi connectivity index (χ0) is 8.10. The van der Waals surface area contributed by atoms with E-state index >= 15 is 0 Å². The third-order valence-corrected chi connectivity index (χ3v) is 1.71. The monoisotopic (exact) mass is 160 g/mol. The summed E-state index contributed by atoms with van der Waals surface area (Å²) in [4.78, 5) is 0. The van der Waals surface area contributed by atoms with E-state index in [4.69, 9.17) is 14.2 Å². The Balaban J connectivity index is 2.19. The molecule has 0 amide bonds. The minimum atomic E-state index is -0.0428. The quantitative estimate of drug-likeness (QED) is 0.562. The van der Waals surface area contributed by atoms with Crippen LogP contribution in [0.15, 0.2) is 0 Å². The van der Waals surface area contributed by atoms with Crippen LogP contribution >= 0.6 is 0 Å². The van der Waals surface area contributed by atoms with Crippen LogP contribution in [0.5, 0.6) is 0 Å². The first-order valence-corrected chi connectivity index (χ1v) is 4.19. The maximum Gasteiger partial charge on any atom is 0.164 e. The topological polar surface area (TPSA) is 27.7 Å². The number of hydrogen-bond donors (Lipinski definition) is 0. The van der Waals surface area contributed by atoms with Gasteiger partial charge in [0, 0.05) is 13.2 Å². The van der Waals surface area contributed by atoms with E-state index in [2.05, 4.69) is 0 Å². The number of ether oxygens (including phenoxy) is 3. The minimum absolute atomic E-state index is 0.0428. The molecule has 0 atom stereocenters. The van der Waals surface area contributed by atoms with E-state index in [-0.39, 0.29) is 6.29 Å². The second-order valence-electron chi connectivity index (χ2n) is 2.58. The summed E-state index contributed by atoms with van der Waals surface area (Å²) >= 11 is 0. The van der Waals surface area contributed by atoms with Gasteiger partial charge < -0.3 is 14.2 Å². The second kappa shape index (κ2) is 4.70. The van der Waals surface area contributed by atoms with Gasteiger partial charge in [0.15, 0.2) is 6.29 Å². The standard InChI is InChI=1S/C8H16O3/c1-3-10-8(11-4-2)7-5-9-6-7/h7-8H,3-6H2,1-2H3. The molecule has 0 radical (unpaired) electrons. The molecule has 1 aliphatic rings. The lowest BCUT2D eigenvalue weighted by Gasteiger charge is -2.32. The SMILES string of the molecule is CCOC(OCC)C1COC1. The molecule has 3 heteroatoms. The van der Waals surface area contributed by atoms with Gasteiger partial charge in [-0.1, -0.05) is 0 Å². The molecule has 1 saturated heterocycles. The van der Waals surface area contributed by atoms with E-state index in [0.717, 1.165) is 13.2 Å². The zero-order valence-corrected chi connectivity index (χ0v) is 7.21. The predicted molar refractivity (Wildman–Crippen MR) is 41.3 cm³/mol. The highest BCUT2D eigenvalue weighted by Gasteiger charge is 2.29. The fraction of sp³-hybridized carbons (Fsp3) is 1.00. The highest BCUT2D eigenvalue weighted by molar-refractivity contribution is 4.69. The maximum atomic E-state index is 5.38. The van der Waals surface area contributed by atoms with Crippen molar-refractivity contribution < 1.29 is 14.2 Å². The summed E-state index contributed by atoms with van der Waals surface area (Å²) in [5, 5.41) is 0. The van der Waals surface area contributed by atoms with E-state index < -0.39 is 0 Å². The fourth-order valence-electron chi connectivity index (χ4n) is 1.06. The molecule has 1 rings (SSSR count). The normalized spacial score (nSPS) is 18.8. The molecule has 0 unspecified atom stereocenters. The lowest BCUT2D eigenvalue weighted by atomic mass is 10.1. The Kier molecular flexibility index (Phi) is 3.83. The molecule has 0 aromatic heterocycles. The van der Waals surface area contributed by atoms with Gasteiger partial charge in [0.05, 0.1) is 19.1 Å². The first-order chi connectivity index (χ1) is 5.38. The lowest BCUT2D eigenvalue weighted by molar-refractivity contribution is -0.221. The Bertz CT molecular complexity index is 95.5. The zero-order valence-electron chi connectivity index (χ0n) is 7.21. The number of hydrogen-bond acceptors (Lipinski definition) is 3. The Morgan fingerprint density at radius 3 is 2.09 bits per heavy atom. The maximum absolute atomic E-state index is 5.38. The molecular weight excluding hydrogens is 144 g/mol. The van der Waals surface area contributed by atoms with Crippen molar-refractivity contribution in [3.63, 3.8) is 0 Å². The Morgan fingerprint density at radius 2 is 1.82 bits per heavy atom. The van der Waals surface area contributed by atoms with Gasteiger partial charge in [-0.15, -0.1) is 0 Å². The molecule has 66 valence electrons. The van der Waals surface area contributed by atoms with Crippen LogP contribution in [0.25, 0.3) is 0 Å². The van der Waals surface area contributed by atoms with Crippen LogP contribution in [0, 0.1) is 5.92 Å². The van der Waals surface area contributed by atoms with Crippen molar-refractivity contribution in [1.82, 2.24) is 0 Å². The van der Waals surface area contributed by atoms with Crippen molar-refractivity contribution in [1.29, 1.82) is 0 Å². The molecule has 0 spiro atoms. The summed E-state index contributed by atoms with van der Waals surface area (Å²) in [5.41, 5.74) is 0. The molecule has 1 aliphatic heterocycles. The number of rotatable bonds is 5. The van der Waals surface area contributed by atoms with E-state index in [9.17, 15) is 0 Å². The largest absolute Gasteiger partial charge is 0.380 e. The highest BCUT2D eigenvalue weighted by atomic mass is 16.7. The van der Waals surface area contributed by atoms with Gasteiger partial charge in [0.2, 0.25) is 0 Å². The minimum Gasteiger partial charge on any atom is -0.380 e. The molecule has 1 fully saturated rings. The molecule has 11 heavy (non-hydrogen) atoms. The molecule has 0 N–H and O–H groups in total. The summed E-state index contributed by atoms with van der Waals surface area (Å²) in [5.74, 6) is 0.454. The first-order valence-electron chi connectivity index (χ1n) is 4.19. The summed E-state index contributed by atoms with van der Waals surface area (Å²) < 4.78 is 15.8. The summed E-state index contributed by atoms with van der Waals surface area (Å²) in [6.45, 7) is 6.94. The van der Waals surface area contributed by atoms with Crippen LogP contribution in [0.4, 0.5) is 0 Å². The first kappa shape index (κ1) is 8.97. The van der Waals surface area contributed by atoms with Crippen LogP contribution < -0.4 is 0 Å². The van der Waals surface area contributed by atoms with Crippen molar-refractivity contribution in [2.24, 2.45) is 5.92 Å². The van der Waals surface area contributed by atoms with Gasteiger partial charge in [0.25, 0.3) is 0 Å². The smallest absolute Gasteiger partial charge is 0.164 e.